The van der Waals surface area contributed by atoms with E-state index in [0.29, 0.717) is 23.0 Å². The number of aryl methyl sites for hydroxylation is 1. The Morgan fingerprint density at radius 3 is 2.62 bits per heavy atom. The van der Waals surface area contributed by atoms with E-state index in [1.807, 2.05) is 6.92 Å². The number of nitrogens with zero attached hydrogens (tertiary/aromatic N) is 5. The fourth-order valence-electron chi connectivity index (χ4n) is 2.68. The molecule has 0 unspecified atom stereocenters. The van der Waals surface area contributed by atoms with E-state index in [4.69, 9.17) is 11.6 Å². The van der Waals surface area contributed by atoms with Crippen LogP contribution in [0, 0.1) is 0 Å². The highest BCUT2D eigenvalue weighted by Crippen LogP contribution is 2.30. The largest absolute Gasteiger partial charge is 0.325 e. The Morgan fingerprint density at radius 2 is 1.96 bits per heavy atom. The molecule has 126 valence electrons. The number of carbonyl (C=O) groups is 2. The predicted molar refractivity (Wildman–Crippen MR) is 86.0 cm³/mol. The molecule has 1 fully saturated rings. The maximum atomic E-state index is 12.9. The first-order valence-corrected chi connectivity index (χ1v) is 7.98. The lowest BCUT2D eigenvalue weighted by Crippen LogP contribution is -2.40. The van der Waals surface area contributed by atoms with Crippen LogP contribution < -0.4 is 5.32 Å². The summed E-state index contributed by atoms with van der Waals surface area (Å²) in [6, 6.07) is 6.36. The third kappa shape index (κ3) is 2.73. The number of nitrogens with one attached hydrogen (secondary N) is 1. The summed E-state index contributed by atoms with van der Waals surface area (Å²) >= 11 is 5.89. The van der Waals surface area contributed by atoms with Gasteiger partial charge in [-0.15, -0.1) is 5.10 Å². The average Bonchev–Trinajstić information content (AvgIpc) is 3.07. The molecule has 1 aromatic heterocycles. The summed E-state index contributed by atoms with van der Waals surface area (Å²) < 4.78 is 1.60. The lowest BCUT2D eigenvalue weighted by Gasteiger charge is -2.22. The zero-order chi connectivity index (χ0) is 17.3. The molecule has 2 aromatic rings. The lowest BCUT2D eigenvalue weighted by molar-refractivity contribution is -0.131. The number of carbonyl (C=O) groups excluding carboxylic acids is 2. The molecule has 1 atom stereocenters. The number of hydrogen-bond donors (Lipinski definition) is 1. The van der Waals surface area contributed by atoms with E-state index in [1.54, 1.807) is 35.9 Å². The second-order valence-electron chi connectivity index (χ2n) is 5.77. The van der Waals surface area contributed by atoms with Crippen LogP contribution in [0.2, 0.25) is 5.02 Å². The van der Waals surface area contributed by atoms with Crippen molar-refractivity contribution in [2.45, 2.75) is 38.9 Å². The number of imide groups is 1. The molecule has 1 aromatic carbocycles. The number of urea groups is 1. The fourth-order valence-corrected chi connectivity index (χ4v) is 2.81. The molecular formula is C15H17ClN6O2. The second kappa shape index (κ2) is 6.20. The van der Waals surface area contributed by atoms with Crippen molar-refractivity contribution in [3.05, 3.63) is 40.7 Å². The van der Waals surface area contributed by atoms with E-state index in [-0.39, 0.29) is 12.5 Å². The van der Waals surface area contributed by atoms with Crippen molar-refractivity contribution in [3.63, 3.8) is 0 Å². The molecule has 0 saturated carbocycles. The smallest absolute Gasteiger partial charge is 0.319 e. The molecule has 1 saturated heterocycles. The number of amides is 3. The van der Waals surface area contributed by atoms with Gasteiger partial charge in [-0.1, -0.05) is 30.7 Å². The minimum absolute atomic E-state index is 0.0286. The third-order valence-electron chi connectivity index (χ3n) is 4.04. The van der Waals surface area contributed by atoms with Crippen molar-refractivity contribution >= 4 is 23.5 Å². The maximum absolute atomic E-state index is 12.9. The van der Waals surface area contributed by atoms with Gasteiger partial charge in [0.05, 0.1) is 6.54 Å². The molecular weight excluding hydrogens is 332 g/mol. The van der Waals surface area contributed by atoms with Crippen LogP contribution in [0.4, 0.5) is 4.79 Å². The molecule has 2 heterocycles. The van der Waals surface area contributed by atoms with Crippen molar-refractivity contribution in [2.75, 3.05) is 0 Å². The average molecular weight is 349 g/mol. The topological polar surface area (TPSA) is 93.0 Å². The number of hydrogen-bond acceptors (Lipinski definition) is 5. The molecule has 1 aliphatic heterocycles. The van der Waals surface area contributed by atoms with E-state index in [1.165, 1.54) is 0 Å². The Labute approximate surface area is 143 Å². The highest BCUT2D eigenvalue weighted by atomic mass is 35.5. The van der Waals surface area contributed by atoms with Crippen LogP contribution in [0.15, 0.2) is 24.3 Å². The highest BCUT2D eigenvalue weighted by molar-refractivity contribution is 6.30. The van der Waals surface area contributed by atoms with Gasteiger partial charge in [0, 0.05) is 11.6 Å². The van der Waals surface area contributed by atoms with Crippen molar-refractivity contribution in [3.8, 4) is 0 Å². The number of halogens is 1. The summed E-state index contributed by atoms with van der Waals surface area (Å²) in [5.74, 6) is 0.126. The Kier molecular flexibility index (Phi) is 4.23. The molecule has 0 bridgehead atoms. The summed E-state index contributed by atoms with van der Waals surface area (Å²) in [7, 11) is 0. The minimum atomic E-state index is -1.13. The summed E-state index contributed by atoms with van der Waals surface area (Å²) in [6.07, 6.45) is 0.848. The van der Waals surface area contributed by atoms with Gasteiger partial charge in [-0.2, -0.15) is 0 Å². The number of aromatic nitrogens is 4. The summed E-state index contributed by atoms with van der Waals surface area (Å²) in [4.78, 5) is 26.3. The van der Waals surface area contributed by atoms with Crippen LogP contribution in [0.3, 0.4) is 0 Å². The lowest BCUT2D eigenvalue weighted by atomic mass is 9.92. The maximum Gasteiger partial charge on any atom is 0.325 e. The standard InChI is InChI=1S/C15H17ClN6O2/c1-3-8-22-12(18-19-20-22)9-21-13(23)15(2,17-14(21)24)10-4-6-11(16)7-5-10/h4-7H,3,8-9H2,1-2H3,(H,17,24)/t15-/m1/s1. The van der Waals surface area contributed by atoms with Gasteiger partial charge in [0.1, 0.15) is 5.54 Å². The first kappa shape index (κ1) is 16.4. The van der Waals surface area contributed by atoms with Gasteiger partial charge in [-0.05, 0) is 41.5 Å². The molecule has 8 nitrogen and oxygen atoms in total. The molecule has 3 amide bonds. The highest BCUT2D eigenvalue weighted by Gasteiger charge is 2.49. The van der Waals surface area contributed by atoms with E-state index in [0.717, 1.165) is 11.3 Å². The summed E-state index contributed by atoms with van der Waals surface area (Å²) in [5.41, 5.74) is -0.467. The normalized spacial score (nSPS) is 20.5. The SMILES string of the molecule is CCCn1nnnc1CN1C(=O)N[C@](C)(c2ccc(Cl)cc2)C1=O. The first-order valence-electron chi connectivity index (χ1n) is 7.61. The monoisotopic (exact) mass is 348 g/mol. The zero-order valence-electron chi connectivity index (χ0n) is 13.4. The second-order valence-corrected chi connectivity index (χ2v) is 6.21. The Morgan fingerprint density at radius 1 is 1.25 bits per heavy atom. The van der Waals surface area contributed by atoms with Gasteiger partial charge in [0.15, 0.2) is 5.82 Å². The summed E-state index contributed by atoms with van der Waals surface area (Å²) in [6.45, 7) is 4.32. The van der Waals surface area contributed by atoms with Crippen LogP contribution >= 0.6 is 11.6 Å². The van der Waals surface area contributed by atoms with Gasteiger partial charge >= 0.3 is 6.03 Å². The van der Waals surface area contributed by atoms with E-state index >= 15 is 0 Å². The van der Waals surface area contributed by atoms with E-state index in [9.17, 15) is 9.59 Å². The van der Waals surface area contributed by atoms with Gasteiger partial charge < -0.3 is 5.32 Å². The predicted octanol–water partition coefficient (Wildman–Crippen LogP) is 1.70. The molecule has 0 spiro atoms. The molecule has 0 aliphatic carbocycles. The van der Waals surface area contributed by atoms with Gasteiger partial charge in [-0.25, -0.2) is 9.48 Å². The van der Waals surface area contributed by atoms with Crippen molar-refractivity contribution in [2.24, 2.45) is 0 Å². The van der Waals surface area contributed by atoms with Crippen molar-refractivity contribution in [1.29, 1.82) is 0 Å². The number of benzene rings is 1. The summed E-state index contributed by atoms with van der Waals surface area (Å²) in [5, 5.41) is 14.7. The molecule has 0 radical (unpaired) electrons. The van der Waals surface area contributed by atoms with E-state index in [2.05, 4.69) is 20.8 Å². The number of rotatable bonds is 5. The molecule has 1 aliphatic rings. The fraction of sp³-hybridized carbons (Fsp3) is 0.400. The quantitative estimate of drug-likeness (QED) is 0.830. The molecule has 9 heteroatoms. The van der Waals surface area contributed by atoms with Gasteiger partial charge in [0.2, 0.25) is 0 Å². The number of tetrazole rings is 1. The van der Waals surface area contributed by atoms with Crippen LogP contribution in [-0.4, -0.2) is 37.0 Å². The molecule has 1 N–H and O–H groups in total. The van der Waals surface area contributed by atoms with Gasteiger partial charge in [0.25, 0.3) is 5.91 Å². The minimum Gasteiger partial charge on any atom is -0.319 e. The van der Waals surface area contributed by atoms with Crippen LogP contribution in [-0.2, 0) is 23.4 Å². The Bertz CT molecular complexity index is 775. The Hall–Kier alpha value is -2.48. The first-order chi connectivity index (χ1) is 11.5. The van der Waals surface area contributed by atoms with Crippen LogP contribution in [0.25, 0.3) is 0 Å². The van der Waals surface area contributed by atoms with Crippen molar-refractivity contribution < 1.29 is 9.59 Å². The molecule has 24 heavy (non-hydrogen) atoms. The van der Waals surface area contributed by atoms with Gasteiger partial charge in [-0.3, -0.25) is 9.69 Å². The van der Waals surface area contributed by atoms with E-state index < -0.39 is 11.6 Å². The third-order valence-corrected chi connectivity index (χ3v) is 4.29. The zero-order valence-corrected chi connectivity index (χ0v) is 14.1. The van der Waals surface area contributed by atoms with Crippen LogP contribution in [0.1, 0.15) is 31.7 Å². The molecule has 3 rings (SSSR count). The Balaban J connectivity index is 1.86. The van der Waals surface area contributed by atoms with Crippen LogP contribution in [0.5, 0.6) is 0 Å². The van der Waals surface area contributed by atoms with Crippen molar-refractivity contribution in [1.82, 2.24) is 30.4 Å².